The molecule has 0 rings (SSSR count). The van der Waals surface area contributed by atoms with Crippen molar-refractivity contribution < 1.29 is 25.5 Å². The zero-order chi connectivity index (χ0) is 10.2. The number of rotatable bonds is 3. The second-order valence-electron chi connectivity index (χ2n) is 3.34. The van der Waals surface area contributed by atoms with Crippen molar-refractivity contribution in [2.24, 2.45) is 5.92 Å². The molecule has 1 atom stereocenters. The van der Waals surface area contributed by atoms with Crippen molar-refractivity contribution in [3.05, 3.63) is 0 Å². The molecule has 0 aromatic carbocycles. The summed E-state index contributed by atoms with van der Waals surface area (Å²) in [7, 11) is -0.833. The molecule has 0 fully saturated rings. The van der Waals surface area contributed by atoms with E-state index in [-0.39, 0.29) is 0 Å². The van der Waals surface area contributed by atoms with Crippen LogP contribution in [0.15, 0.2) is 0 Å². The molecular formula is C8H18MnO2P. The van der Waals surface area contributed by atoms with Crippen LogP contribution in [-0.2, 0) is 20.6 Å². The molecule has 0 saturated heterocycles. The minimum absolute atomic E-state index is 0.322. The van der Waals surface area contributed by atoms with E-state index in [2.05, 4.69) is 43.7 Å². The van der Waals surface area contributed by atoms with E-state index in [0.717, 1.165) is 5.92 Å². The summed E-state index contributed by atoms with van der Waals surface area (Å²) in [5.41, 5.74) is 0. The van der Waals surface area contributed by atoms with Crippen molar-refractivity contribution in [2.75, 3.05) is 0 Å². The first-order valence-corrected chi connectivity index (χ1v) is 5.41. The third-order valence-electron chi connectivity index (χ3n) is 1.89. The van der Waals surface area contributed by atoms with Gasteiger partial charge >= 0.3 is 75.5 Å². The Balaban J connectivity index is 0. The van der Waals surface area contributed by atoms with E-state index in [4.69, 9.17) is 9.46 Å². The van der Waals surface area contributed by atoms with Crippen LogP contribution in [0, 0.1) is 5.92 Å². The van der Waals surface area contributed by atoms with E-state index >= 15 is 0 Å². The van der Waals surface area contributed by atoms with Gasteiger partial charge in [0.1, 0.15) is 0 Å². The van der Waals surface area contributed by atoms with Gasteiger partial charge in [-0.3, -0.25) is 0 Å². The van der Waals surface area contributed by atoms with E-state index in [1.807, 2.05) is 0 Å². The number of hydrogen-bond acceptors (Lipinski definition) is 1. The Hall–Kier alpha value is 0.579. The smallest absolute Gasteiger partial charge is 0.310 e. The first kappa shape index (κ1) is 15.1. The van der Waals surface area contributed by atoms with Crippen LogP contribution in [0.4, 0.5) is 0 Å². The van der Waals surface area contributed by atoms with Crippen LogP contribution in [-0.4, -0.2) is 4.89 Å². The first-order valence-electron chi connectivity index (χ1n) is 4.05. The Morgan fingerprint density at radius 3 is 2.00 bits per heavy atom. The van der Waals surface area contributed by atoms with Crippen molar-refractivity contribution in [1.29, 1.82) is 0 Å². The maximum Gasteiger partial charge on any atom is 0.324 e. The van der Waals surface area contributed by atoms with Gasteiger partial charge in [-0.25, -0.2) is 4.57 Å². The molecule has 12 heavy (non-hydrogen) atoms. The summed E-state index contributed by atoms with van der Waals surface area (Å²) in [6.07, 6.45) is 2.61. The summed E-state index contributed by atoms with van der Waals surface area (Å²) in [4.78, 5) is 6.99. The fourth-order valence-electron chi connectivity index (χ4n) is 0.776. The van der Waals surface area contributed by atoms with Gasteiger partial charge in [0.25, 0.3) is 0 Å². The van der Waals surface area contributed by atoms with Crippen molar-refractivity contribution in [3.63, 3.8) is 0 Å². The minimum atomic E-state index is -0.833. The van der Waals surface area contributed by atoms with Crippen molar-refractivity contribution in [2.45, 2.75) is 44.9 Å². The van der Waals surface area contributed by atoms with E-state index in [1.54, 1.807) is 0 Å². The molecule has 0 bridgehead atoms. The Morgan fingerprint density at radius 1 is 1.58 bits per heavy atom. The summed E-state index contributed by atoms with van der Waals surface area (Å²) in [6.45, 7) is 8.98. The zero-order valence-corrected chi connectivity index (χ0v) is 10.2. The predicted molar refractivity (Wildman–Crippen MR) is 47.9 cm³/mol. The van der Waals surface area contributed by atoms with Crippen LogP contribution in [0.25, 0.3) is 0 Å². The molecule has 74 valence electrons. The molecule has 0 spiro atoms. The van der Waals surface area contributed by atoms with Gasteiger partial charge in [-0.05, 0) is 0 Å². The standard InChI is InChI=1S/C8H17.Mn.HO2P/c1-5-6-8(4)7(2)3;;1-3-2/h8H,5-6H2,1-4H3;;(H,1,2). The zero-order valence-electron chi connectivity index (χ0n) is 8.17. The fraction of sp³-hybridized carbons (Fsp3) is 1.00. The average Bonchev–Trinajstić information content (AvgIpc) is 1.88. The monoisotopic (exact) mass is 232 g/mol. The quantitative estimate of drug-likeness (QED) is 0.598. The van der Waals surface area contributed by atoms with Gasteiger partial charge in [0.15, 0.2) is 0 Å². The molecule has 0 aromatic rings. The van der Waals surface area contributed by atoms with Crippen molar-refractivity contribution in [3.8, 4) is 0 Å². The summed E-state index contributed by atoms with van der Waals surface area (Å²) >= 11 is 3.64. The third-order valence-corrected chi connectivity index (χ3v) is 2.48. The van der Waals surface area contributed by atoms with Crippen LogP contribution in [0.2, 0.25) is 4.31 Å². The summed E-state index contributed by atoms with van der Waals surface area (Å²) in [5.74, 6) is 0.780. The average molecular weight is 232 g/mol. The van der Waals surface area contributed by atoms with E-state index in [1.165, 1.54) is 12.8 Å². The van der Waals surface area contributed by atoms with E-state index in [0.29, 0.717) is 4.31 Å². The SMILES string of the molecule is CCCC(C)[C](C)(C)[Mn].O=PO. The largest absolute Gasteiger partial charge is 0.324 e. The second kappa shape index (κ2) is 8.19. The predicted octanol–water partition coefficient (Wildman–Crippen LogP) is 3.35. The topological polar surface area (TPSA) is 37.3 Å². The molecule has 1 N–H and O–H groups in total. The normalized spacial score (nSPS) is 13.5. The van der Waals surface area contributed by atoms with Gasteiger partial charge in [0.05, 0.1) is 0 Å². The van der Waals surface area contributed by atoms with Gasteiger partial charge in [0.2, 0.25) is 0 Å². The summed E-state index contributed by atoms with van der Waals surface area (Å²) < 4.78 is 8.78. The first-order chi connectivity index (χ1) is 5.40. The van der Waals surface area contributed by atoms with Crippen LogP contribution in [0.5, 0.6) is 0 Å². The Bertz CT molecular complexity index is 112. The van der Waals surface area contributed by atoms with Gasteiger partial charge < -0.3 is 4.89 Å². The molecule has 0 radical (unpaired) electrons. The van der Waals surface area contributed by atoms with Gasteiger partial charge in [0, 0.05) is 0 Å². The van der Waals surface area contributed by atoms with Gasteiger partial charge in [-0.15, -0.1) is 0 Å². The number of hydrogen-bond donors (Lipinski definition) is 1. The molecule has 0 aliphatic heterocycles. The van der Waals surface area contributed by atoms with Crippen LogP contribution < -0.4 is 0 Å². The fourth-order valence-corrected chi connectivity index (χ4v) is 0.947. The van der Waals surface area contributed by atoms with Crippen LogP contribution in [0.3, 0.4) is 0 Å². The molecule has 0 heterocycles. The minimum Gasteiger partial charge on any atom is -0.310 e. The molecule has 0 amide bonds. The molecule has 0 aliphatic carbocycles. The molecular weight excluding hydrogens is 214 g/mol. The Morgan fingerprint density at radius 2 is 1.92 bits per heavy atom. The van der Waals surface area contributed by atoms with E-state index in [9.17, 15) is 0 Å². The molecule has 0 aliphatic rings. The Kier molecular flexibility index (Phi) is 10.3. The maximum absolute atomic E-state index is 8.46. The maximum atomic E-state index is 8.46. The molecule has 4 heteroatoms. The molecule has 0 saturated carbocycles. The van der Waals surface area contributed by atoms with Gasteiger partial charge in [-0.1, -0.05) is 0 Å². The van der Waals surface area contributed by atoms with Crippen LogP contribution >= 0.6 is 8.69 Å². The van der Waals surface area contributed by atoms with Crippen molar-refractivity contribution >= 4 is 8.69 Å². The summed E-state index contributed by atoms with van der Waals surface area (Å²) in [5, 5.41) is 0. The van der Waals surface area contributed by atoms with Crippen LogP contribution in [0.1, 0.15) is 40.5 Å². The van der Waals surface area contributed by atoms with Crippen molar-refractivity contribution in [1.82, 2.24) is 0 Å². The van der Waals surface area contributed by atoms with E-state index < -0.39 is 8.69 Å². The molecule has 2 nitrogen and oxygen atoms in total. The Labute approximate surface area is 85.2 Å². The third kappa shape index (κ3) is 10.6. The second-order valence-corrected chi connectivity index (χ2v) is 5.02. The molecule has 1 unspecified atom stereocenters. The molecule has 0 aromatic heterocycles. The van der Waals surface area contributed by atoms with Gasteiger partial charge in [-0.2, -0.15) is 0 Å². The summed E-state index contributed by atoms with van der Waals surface area (Å²) in [6, 6.07) is 0.